The number of hydrogen-bond acceptors (Lipinski definition) is 7. The van der Waals surface area contributed by atoms with Crippen LogP contribution in [0, 0.1) is 0 Å². The summed E-state index contributed by atoms with van der Waals surface area (Å²) in [6, 6.07) is 7.94. The van der Waals surface area contributed by atoms with E-state index in [-0.39, 0.29) is 26.1 Å². The average molecular weight is 478 g/mol. The molecule has 0 bridgehead atoms. The zero-order chi connectivity index (χ0) is 25.4. The van der Waals surface area contributed by atoms with E-state index in [2.05, 4.69) is 5.32 Å². The third kappa shape index (κ3) is 7.72. The molecule has 1 saturated heterocycles. The van der Waals surface area contributed by atoms with Crippen LogP contribution < -0.4 is 11.1 Å². The Bertz CT molecular complexity index is 869. The minimum atomic E-state index is -2.03. The number of carboxylic acids is 1. The van der Waals surface area contributed by atoms with Gasteiger partial charge in [-0.05, 0) is 58.4 Å². The van der Waals surface area contributed by atoms with Crippen LogP contribution in [-0.4, -0.2) is 64.2 Å². The summed E-state index contributed by atoms with van der Waals surface area (Å²) in [6.45, 7) is 5.68. The second kappa shape index (κ2) is 11.8. The van der Waals surface area contributed by atoms with Crippen molar-refractivity contribution >= 4 is 23.9 Å². The average Bonchev–Trinajstić information content (AvgIpc) is 3.26. The molecule has 0 aliphatic carbocycles. The highest BCUT2D eigenvalue weighted by Crippen LogP contribution is 2.25. The fourth-order valence-corrected chi connectivity index (χ4v) is 3.70. The Balaban J connectivity index is 2.04. The van der Waals surface area contributed by atoms with Gasteiger partial charge in [0.05, 0.1) is 0 Å². The smallest absolute Gasteiger partial charge is 0.407 e. The highest BCUT2D eigenvalue weighted by molar-refractivity contribution is 6.08. The molecule has 10 heteroatoms. The number of benzene rings is 1. The van der Waals surface area contributed by atoms with Gasteiger partial charge in [-0.3, -0.25) is 4.79 Å². The number of alkyl carbamates (subject to hydrolysis) is 1. The summed E-state index contributed by atoms with van der Waals surface area (Å²) < 4.78 is 10.5. The number of likely N-dealkylation sites (tertiary alicyclic amines) is 1. The summed E-state index contributed by atoms with van der Waals surface area (Å²) in [5.41, 5.74) is 4.43. The number of nitrogens with one attached hydrogen (secondary N) is 1. The van der Waals surface area contributed by atoms with Crippen molar-refractivity contribution in [2.24, 2.45) is 5.73 Å². The third-order valence-corrected chi connectivity index (χ3v) is 5.42. The Kier molecular flexibility index (Phi) is 9.43. The van der Waals surface area contributed by atoms with E-state index in [0.717, 1.165) is 10.5 Å². The lowest BCUT2D eigenvalue weighted by atomic mass is 9.91. The highest BCUT2D eigenvalue weighted by atomic mass is 16.6. The SMILES string of the molecule is CC(C)(C)OC(=O)NCCCC[C@](N)(C(=O)OCc1ccccc1)C(=O)N1CCC[C@H]1C(=O)O. The molecule has 2 rings (SSSR count). The van der Waals surface area contributed by atoms with Crippen molar-refractivity contribution in [1.29, 1.82) is 0 Å². The van der Waals surface area contributed by atoms with Gasteiger partial charge in [0.25, 0.3) is 5.91 Å². The molecule has 4 N–H and O–H groups in total. The molecular weight excluding hydrogens is 442 g/mol. The van der Waals surface area contributed by atoms with Crippen LogP contribution in [0.3, 0.4) is 0 Å². The molecule has 1 fully saturated rings. The van der Waals surface area contributed by atoms with E-state index in [4.69, 9.17) is 15.2 Å². The maximum atomic E-state index is 13.3. The van der Waals surface area contributed by atoms with Gasteiger partial charge in [0.1, 0.15) is 18.2 Å². The fraction of sp³-hybridized carbons (Fsp3) is 0.583. The van der Waals surface area contributed by atoms with Gasteiger partial charge < -0.3 is 30.5 Å². The molecule has 2 atom stereocenters. The van der Waals surface area contributed by atoms with E-state index < -0.39 is 41.1 Å². The molecule has 1 aromatic carbocycles. The fourth-order valence-electron chi connectivity index (χ4n) is 3.70. The van der Waals surface area contributed by atoms with Crippen LogP contribution in [0.2, 0.25) is 0 Å². The van der Waals surface area contributed by atoms with Gasteiger partial charge in [-0.15, -0.1) is 0 Å². The predicted molar refractivity (Wildman–Crippen MR) is 124 cm³/mol. The first-order valence-corrected chi connectivity index (χ1v) is 11.4. The highest BCUT2D eigenvalue weighted by Gasteiger charge is 2.49. The molecular formula is C24H35N3O7. The van der Waals surface area contributed by atoms with Gasteiger partial charge in [-0.1, -0.05) is 30.3 Å². The van der Waals surface area contributed by atoms with Crippen LogP contribution in [-0.2, 0) is 30.5 Å². The zero-order valence-corrected chi connectivity index (χ0v) is 20.0. The molecule has 2 amide bonds. The minimum absolute atomic E-state index is 0.0572. The monoisotopic (exact) mass is 477 g/mol. The summed E-state index contributed by atoms with van der Waals surface area (Å²) >= 11 is 0. The van der Waals surface area contributed by atoms with Crippen molar-refractivity contribution < 1.29 is 33.8 Å². The van der Waals surface area contributed by atoms with Gasteiger partial charge in [-0.25, -0.2) is 14.4 Å². The molecule has 1 aliphatic rings. The number of carbonyl (C=O) groups excluding carboxylic acids is 3. The van der Waals surface area contributed by atoms with Crippen LogP contribution in [0.15, 0.2) is 30.3 Å². The maximum Gasteiger partial charge on any atom is 0.407 e. The number of unbranched alkanes of at least 4 members (excludes halogenated alkanes) is 1. The Morgan fingerprint density at radius 3 is 2.44 bits per heavy atom. The molecule has 0 saturated carbocycles. The van der Waals surface area contributed by atoms with E-state index in [1.165, 1.54) is 0 Å². The maximum absolute atomic E-state index is 13.3. The molecule has 1 heterocycles. The van der Waals surface area contributed by atoms with Crippen molar-refractivity contribution in [3.05, 3.63) is 35.9 Å². The second-order valence-electron chi connectivity index (χ2n) is 9.41. The summed E-state index contributed by atoms with van der Waals surface area (Å²) in [7, 11) is 0. The Morgan fingerprint density at radius 2 is 1.82 bits per heavy atom. The molecule has 1 aromatic rings. The zero-order valence-electron chi connectivity index (χ0n) is 20.0. The molecule has 0 unspecified atom stereocenters. The number of amides is 2. The number of esters is 1. The van der Waals surface area contributed by atoms with Gasteiger partial charge in [-0.2, -0.15) is 0 Å². The van der Waals surface area contributed by atoms with Gasteiger partial charge in [0, 0.05) is 13.1 Å². The first-order chi connectivity index (χ1) is 15.9. The Labute approximate surface area is 199 Å². The topological polar surface area (TPSA) is 148 Å². The summed E-state index contributed by atoms with van der Waals surface area (Å²) in [5, 5.41) is 12.1. The van der Waals surface area contributed by atoms with Crippen LogP contribution >= 0.6 is 0 Å². The number of rotatable bonds is 10. The Hall–Kier alpha value is -3.14. The molecule has 0 spiro atoms. The summed E-state index contributed by atoms with van der Waals surface area (Å²) in [5.74, 6) is -2.79. The van der Waals surface area contributed by atoms with Gasteiger partial charge in [0.2, 0.25) is 0 Å². The Morgan fingerprint density at radius 1 is 1.15 bits per heavy atom. The number of carbonyl (C=O) groups is 4. The molecule has 34 heavy (non-hydrogen) atoms. The van der Waals surface area contributed by atoms with Crippen LogP contribution in [0.4, 0.5) is 4.79 Å². The van der Waals surface area contributed by atoms with Crippen molar-refractivity contribution in [2.75, 3.05) is 13.1 Å². The van der Waals surface area contributed by atoms with Crippen molar-refractivity contribution in [1.82, 2.24) is 10.2 Å². The third-order valence-electron chi connectivity index (χ3n) is 5.42. The molecule has 1 aliphatic heterocycles. The van der Waals surface area contributed by atoms with Crippen LogP contribution in [0.25, 0.3) is 0 Å². The van der Waals surface area contributed by atoms with E-state index in [1.54, 1.807) is 45.0 Å². The summed E-state index contributed by atoms with van der Waals surface area (Å²) in [6.07, 6.45) is 0.946. The first kappa shape index (κ1) is 27.1. The number of carboxylic acid groups (broad SMARTS) is 1. The number of nitrogens with zero attached hydrogens (tertiary/aromatic N) is 1. The van der Waals surface area contributed by atoms with Crippen LogP contribution in [0.1, 0.15) is 58.4 Å². The quantitative estimate of drug-likeness (QED) is 0.264. The first-order valence-electron chi connectivity index (χ1n) is 11.4. The van der Waals surface area contributed by atoms with Gasteiger partial charge >= 0.3 is 18.0 Å². The van der Waals surface area contributed by atoms with E-state index in [0.29, 0.717) is 25.7 Å². The second-order valence-corrected chi connectivity index (χ2v) is 9.41. The molecule has 0 radical (unpaired) electrons. The summed E-state index contributed by atoms with van der Waals surface area (Å²) in [4.78, 5) is 50.8. The van der Waals surface area contributed by atoms with Crippen molar-refractivity contribution in [3.8, 4) is 0 Å². The molecule has 10 nitrogen and oxygen atoms in total. The van der Waals surface area contributed by atoms with Crippen molar-refractivity contribution in [3.63, 3.8) is 0 Å². The number of ether oxygens (including phenoxy) is 2. The molecule has 0 aromatic heterocycles. The number of aliphatic carboxylic acids is 1. The molecule has 188 valence electrons. The largest absolute Gasteiger partial charge is 0.480 e. The lowest BCUT2D eigenvalue weighted by Crippen LogP contribution is -2.62. The normalized spacial score (nSPS) is 17.5. The van der Waals surface area contributed by atoms with E-state index in [1.807, 2.05) is 6.07 Å². The van der Waals surface area contributed by atoms with Gasteiger partial charge in [0.15, 0.2) is 5.54 Å². The van der Waals surface area contributed by atoms with Crippen molar-refractivity contribution in [2.45, 2.75) is 76.7 Å². The predicted octanol–water partition coefficient (Wildman–Crippen LogP) is 2.20. The standard InChI is InChI=1S/C24H35N3O7/c1-23(2,3)34-22(32)26-14-8-7-13-24(25,20(30)27-15-9-12-18(27)19(28)29)21(31)33-16-17-10-5-4-6-11-17/h4-6,10-11,18H,7-9,12-16,25H2,1-3H3,(H,26,32)(H,28,29)/t18-,24+/m0/s1. The minimum Gasteiger partial charge on any atom is -0.480 e. The van der Waals surface area contributed by atoms with Crippen LogP contribution in [0.5, 0.6) is 0 Å². The lowest BCUT2D eigenvalue weighted by molar-refractivity contribution is -0.162. The van der Waals surface area contributed by atoms with E-state index in [9.17, 15) is 24.3 Å². The van der Waals surface area contributed by atoms with E-state index >= 15 is 0 Å². The number of hydrogen-bond donors (Lipinski definition) is 3. The lowest BCUT2D eigenvalue weighted by Gasteiger charge is -2.32. The number of nitrogens with two attached hydrogens (primary N) is 1.